The van der Waals surface area contributed by atoms with Gasteiger partial charge in [-0.3, -0.25) is 13.9 Å². The molecule has 7 rings (SSSR count). The van der Waals surface area contributed by atoms with Gasteiger partial charge in [0.25, 0.3) is 20.2 Å². The Labute approximate surface area is 451 Å². The van der Waals surface area contributed by atoms with Crippen LogP contribution < -0.4 is 5.32 Å². The van der Waals surface area contributed by atoms with Crippen LogP contribution in [0.1, 0.15) is 48.5 Å². The van der Waals surface area contributed by atoms with Crippen LogP contribution in [0, 0.1) is 0 Å². The topological polar surface area (TPSA) is 438 Å². The van der Waals surface area contributed by atoms with Crippen molar-refractivity contribution in [1.82, 2.24) is 15.0 Å². The van der Waals surface area contributed by atoms with Crippen LogP contribution in [-0.4, -0.2) is 94.0 Å². The van der Waals surface area contributed by atoms with E-state index in [2.05, 4.69) is 61.2 Å². The molecule has 0 radical (unpaired) electrons. The van der Waals surface area contributed by atoms with Crippen LogP contribution in [0.5, 0.6) is 11.5 Å². The third-order valence-corrected chi connectivity index (χ3v) is 11.7. The second kappa shape index (κ2) is 29.3. The first-order valence-electron chi connectivity index (χ1n) is 22.4. The number of aromatic hydroxyl groups is 2. The number of nitrogens with zero attached hydrogens (tertiary/aromatic N) is 11. The quantitative estimate of drug-likeness (QED) is 0.0221. The van der Waals surface area contributed by atoms with E-state index in [0.717, 1.165) is 6.07 Å². The zero-order chi connectivity index (χ0) is 57.5. The van der Waals surface area contributed by atoms with E-state index in [1.807, 2.05) is 6.07 Å². The molecule has 0 atom stereocenters. The van der Waals surface area contributed by atoms with Gasteiger partial charge < -0.3 is 20.6 Å². The molecular weight excluding hydrogens is 1120 g/mol. The summed E-state index contributed by atoms with van der Waals surface area (Å²) in [4.78, 5) is 23.9. The maximum atomic E-state index is 12.3. The number of carboxylic acids is 1. The summed E-state index contributed by atoms with van der Waals surface area (Å²) >= 11 is 0. The van der Waals surface area contributed by atoms with E-state index >= 15 is 0 Å². The first kappa shape index (κ1) is 60.5. The lowest BCUT2D eigenvalue weighted by atomic mass is 10.1. The summed E-state index contributed by atoms with van der Waals surface area (Å²) in [5.74, 6) is -0.377. The number of benzene rings is 6. The minimum absolute atomic E-state index is 0.00322. The van der Waals surface area contributed by atoms with Gasteiger partial charge in [0.1, 0.15) is 45.1 Å². The molecule has 0 spiro atoms. The number of phenolic OH excluding ortho intramolecular Hbond substituents is 2. The monoisotopic (exact) mass is 1160 g/mol. The molecule has 1 heterocycles. The van der Waals surface area contributed by atoms with Crippen molar-refractivity contribution >= 4 is 98.9 Å². The Bertz CT molecular complexity index is 3840. The van der Waals surface area contributed by atoms with Crippen molar-refractivity contribution in [3.63, 3.8) is 0 Å². The Morgan fingerprint density at radius 1 is 0.481 bits per heavy atom. The zero-order valence-corrected chi connectivity index (χ0v) is 43.7. The van der Waals surface area contributed by atoms with Gasteiger partial charge in [-0.15, -0.1) is 40.6 Å². The van der Waals surface area contributed by atoms with Gasteiger partial charge in [0, 0.05) is 25.8 Å². The molecule has 0 aliphatic rings. The molecule has 7 aromatic rings. The van der Waals surface area contributed by atoms with Crippen molar-refractivity contribution in [2.75, 3.05) is 11.9 Å². The molecule has 79 heavy (non-hydrogen) atoms. The molecule has 410 valence electrons. The number of unbranched alkanes of at least 4 members (excludes halogenated alkanes) is 2. The molecule has 0 saturated heterocycles. The summed E-state index contributed by atoms with van der Waals surface area (Å²) in [6.45, 7) is 0.451. The predicted octanol–water partition coefficient (Wildman–Crippen LogP) is 9.67. The maximum Gasteiger partial charge on any atom is 0.425 e. The lowest BCUT2D eigenvalue weighted by Crippen LogP contribution is -2.12. The number of aliphatic carboxylic acids is 1. The molecule has 0 aliphatic carbocycles. The molecular formula is C47H42N12O16S4. The van der Waals surface area contributed by atoms with Crippen LogP contribution in [0.3, 0.4) is 0 Å². The molecule has 0 bridgehead atoms. The first-order chi connectivity index (χ1) is 37.5. The third-order valence-electron chi connectivity index (χ3n) is 9.95. The van der Waals surface area contributed by atoms with Crippen LogP contribution in [0.15, 0.2) is 184 Å². The number of rotatable bonds is 21. The van der Waals surface area contributed by atoms with Crippen LogP contribution in [0.25, 0.3) is 0 Å². The fourth-order valence-electron chi connectivity index (χ4n) is 6.45. The molecule has 1 aromatic heterocycles. The number of azo groups is 4. The van der Waals surface area contributed by atoms with Crippen LogP contribution in [0.2, 0.25) is 0 Å². The molecule has 0 fully saturated rings. The van der Waals surface area contributed by atoms with E-state index in [1.54, 1.807) is 66.7 Å². The van der Waals surface area contributed by atoms with E-state index in [9.17, 15) is 36.4 Å². The molecule has 6 N–H and O–H groups in total. The molecule has 0 amide bonds. The van der Waals surface area contributed by atoms with Crippen LogP contribution >= 0.6 is 0 Å². The average Bonchev–Trinajstić information content (AvgIpc) is 3.39. The summed E-state index contributed by atoms with van der Waals surface area (Å²) in [7, 11) is -15.3. The van der Waals surface area contributed by atoms with E-state index in [4.69, 9.17) is 34.9 Å². The Kier molecular flexibility index (Phi) is 22.4. The number of carboxylic acid groups (broad SMARTS) is 1. The largest absolute Gasteiger partial charge is 0.506 e. The highest BCUT2D eigenvalue weighted by atomic mass is 32.2. The van der Waals surface area contributed by atoms with Gasteiger partial charge in [-0.05, 0) is 127 Å². The SMILES string of the molecule is O=C(O)CCCCCNc1nc(Cc2ccc(N=Nc3ccc(N=Nc4ccc(S(=O)(=O)O)cc4)cc3)c(O)c2)nc(Cc2ccc(N=Nc3ccc(N=Nc4ccccc4)cc3S(=O)(=O)O)c(O)c2)n1.O=S(=O)=O.O=S(=O)=O. The summed E-state index contributed by atoms with van der Waals surface area (Å²) in [5, 5.41) is 66.7. The van der Waals surface area contributed by atoms with Gasteiger partial charge in [0.15, 0.2) is 0 Å². The van der Waals surface area contributed by atoms with Crippen molar-refractivity contribution in [3.05, 3.63) is 156 Å². The predicted molar refractivity (Wildman–Crippen MR) is 278 cm³/mol. The number of anilines is 1. The highest BCUT2D eigenvalue weighted by molar-refractivity contribution is 7.86. The van der Waals surface area contributed by atoms with Gasteiger partial charge in [-0.1, -0.05) is 36.8 Å². The van der Waals surface area contributed by atoms with Crippen molar-refractivity contribution in [2.24, 2.45) is 40.9 Å². The lowest BCUT2D eigenvalue weighted by Gasteiger charge is -2.10. The number of hydrogen-bond acceptors (Lipinski definition) is 25. The van der Waals surface area contributed by atoms with Crippen molar-refractivity contribution in [3.8, 4) is 11.5 Å². The number of aromatic nitrogens is 3. The fraction of sp³-hybridized carbons (Fsp3) is 0.149. The van der Waals surface area contributed by atoms with Gasteiger partial charge in [0.2, 0.25) is 5.95 Å². The molecule has 6 aromatic carbocycles. The normalized spacial score (nSPS) is 11.5. The number of phenols is 2. The third kappa shape index (κ3) is 21.7. The zero-order valence-electron chi connectivity index (χ0n) is 40.4. The summed E-state index contributed by atoms with van der Waals surface area (Å²) in [6, 6.07) is 33.7. The summed E-state index contributed by atoms with van der Waals surface area (Å²) in [5.41, 5.74) is 3.15. The lowest BCUT2D eigenvalue weighted by molar-refractivity contribution is -0.137. The van der Waals surface area contributed by atoms with Gasteiger partial charge in [-0.2, -0.15) is 52.4 Å². The molecule has 0 aliphatic heterocycles. The van der Waals surface area contributed by atoms with E-state index in [0.29, 0.717) is 71.3 Å². The molecule has 28 nitrogen and oxygen atoms in total. The summed E-state index contributed by atoms with van der Waals surface area (Å²) < 4.78 is 117. The minimum Gasteiger partial charge on any atom is -0.506 e. The van der Waals surface area contributed by atoms with Crippen molar-refractivity contribution in [2.45, 2.75) is 48.3 Å². The Hall–Kier alpha value is -9.34. The summed E-state index contributed by atoms with van der Waals surface area (Å²) in [6.07, 6.45) is 2.19. The maximum absolute atomic E-state index is 12.3. The van der Waals surface area contributed by atoms with E-state index in [1.165, 1.54) is 54.6 Å². The number of hydrogen-bond donors (Lipinski definition) is 6. The Balaban J connectivity index is 0.00000134. The number of carbonyl (C=O) groups is 1. The number of nitrogens with one attached hydrogen (secondary N) is 1. The van der Waals surface area contributed by atoms with E-state index in [-0.39, 0.29) is 64.4 Å². The average molecular weight is 1160 g/mol. The second-order valence-corrected chi connectivity index (χ2v) is 19.4. The molecule has 32 heteroatoms. The van der Waals surface area contributed by atoms with Crippen molar-refractivity contribution in [1.29, 1.82) is 0 Å². The standard InChI is InChI=1S/C47H42N12O10S2.2O3S/c60-41-25-30(10-21-38(41)57-55-34-14-12-33(13-15-34)53-54-35-16-19-37(20-17-35)70(64,65)66)27-44-49-45(51-47(50-44)48-24-6-2-5-9-46(62)63)28-31-11-22-39(42(61)26-31)58-59-40-23-18-36(29-43(40)71(67,68)69)56-52-32-7-3-1-4-8-32;2*1-4(2)3/h1,3-4,7-8,10-23,25-26,29,60-61H,2,5-6,9,24,27-28H2,(H,62,63)(H,64,65,66)(H,67,68,69)(H,48,49,50,51);;. The van der Waals surface area contributed by atoms with E-state index < -0.39 is 52.3 Å². The van der Waals surface area contributed by atoms with Crippen molar-refractivity contribution < 1.29 is 71.3 Å². The van der Waals surface area contributed by atoms with Gasteiger partial charge in [0.05, 0.1) is 33.3 Å². The minimum atomic E-state index is -4.77. The van der Waals surface area contributed by atoms with Gasteiger partial charge in [-0.25, -0.2) is 4.98 Å². The molecule has 0 unspecified atom stereocenters. The first-order valence-corrected chi connectivity index (χ1v) is 27.3. The highest BCUT2D eigenvalue weighted by Gasteiger charge is 2.18. The second-order valence-electron chi connectivity index (χ2n) is 15.8. The van der Waals surface area contributed by atoms with Crippen LogP contribution in [-0.2, 0) is 59.1 Å². The molecule has 0 saturated carbocycles. The Morgan fingerprint density at radius 2 is 0.899 bits per heavy atom. The fourth-order valence-corrected chi connectivity index (χ4v) is 7.57. The highest BCUT2D eigenvalue weighted by Crippen LogP contribution is 2.35. The Morgan fingerprint density at radius 3 is 1.37 bits per heavy atom. The van der Waals surface area contributed by atoms with Gasteiger partial charge >= 0.3 is 27.2 Å². The van der Waals surface area contributed by atoms with Crippen LogP contribution in [0.4, 0.5) is 51.4 Å². The smallest absolute Gasteiger partial charge is 0.425 e.